The Hall–Kier alpha value is -5.50. The van der Waals surface area contributed by atoms with Gasteiger partial charge in [0.25, 0.3) is 0 Å². The number of thioether (sulfide) groups is 2. The van der Waals surface area contributed by atoms with Gasteiger partial charge in [-0.15, -0.1) is 23.5 Å². The van der Waals surface area contributed by atoms with Crippen molar-refractivity contribution in [1.29, 1.82) is 0 Å². The number of hydrogen-bond acceptors (Lipinski definition) is 12. The molecule has 5 unspecified atom stereocenters. The van der Waals surface area contributed by atoms with Crippen molar-refractivity contribution in [2.24, 2.45) is 10.8 Å². The van der Waals surface area contributed by atoms with Gasteiger partial charge in [0.2, 0.25) is 35.4 Å². The number of hydrogen-bond donors (Lipinski definition) is 6. The van der Waals surface area contributed by atoms with Gasteiger partial charge in [-0.2, -0.15) is 0 Å². The van der Waals surface area contributed by atoms with Gasteiger partial charge < -0.3 is 51.2 Å². The number of ether oxygens (including phenoxy) is 2. The molecule has 10 atom stereocenters. The van der Waals surface area contributed by atoms with Crippen LogP contribution in [-0.2, 0) is 51.5 Å². The van der Waals surface area contributed by atoms with E-state index in [2.05, 4.69) is 56.2 Å². The van der Waals surface area contributed by atoms with Gasteiger partial charge in [0.1, 0.15) is 24.2 Å². The highest BCUT2D eigenvalue weighted by molar-refractivity contribution is 8.00. The third kappa shape index (κ3) is 13.1. The van der Waals surface area contributed by atoms with Crippen molar-refractivity contribution in [3.63, 3.8) is 0 Å². The fourth-order valence-electron chi connectivity index (χ4n) is 11.0. The van der Waals surface area contributed by atoms with Crippen molar-refractivity contribution < 1.29 is 38.2 Å². The maximum atomic E-state index is 14.5. The molecule has 0 aliphatic carbocycles. The second-order valence-electron chi connectivity index (χ2n) is 22.0. The molecule has 4 heterocycles. The number of carbonyl (C=O) groups excluding carboxylic acids is 6. The molecule has 6 N–H and O–H groups in total. The van der Waals surface area contributed by atoms with E-state index < -0.39 is 59.2 Å². The molecule has 0 aromatic heterocycles. The first-order valence-electron chi connectivity index (χ1n) is 26.6. The first-order chi connectivity index (χ1) is 36.4. The first-order valence-corrected chi connectivity index (χ1v) is 28.7. The van der Waals surface area contributed by atoms with Gasteiger partial charge in [0, 0.05) is 0 Å². The molecule has 4 aliphatic rings. The standard InChI is InChI=1S/C58H76N8O8S2/c1-35(59-7)51(67)61-43-23-25-75-47-29-57(3,4)49(65(47)55(43)71)53(69)63-45(39-15-11-9-12-16-39)33-73-31-37-19-21-42-28-38(20-22-41(42)27-37)32-74-34-46(40-17-13-10-14-18-40)64-54(70)50-58(5,6)30-48-66(50)56(72)44(24-26-76-48)62-52(68)36(2)60-8/h9-22,27-28,35-36,43-50,59-60H,23-26,29-34H2,1-8H3,(H,61,67)(H,62,68)(H,63,69)(H,64,70)/t35-,36-,43?,44?,45+,46+,47-,48?,49?,50?/m0/s1. The third-order valence-electron chi connectivity index (χ3n) is 15.5. The zero-order valence-corrected chi connectivity index (χ0v) is 46.7. The van der Waals surface area contributed by atoms with E-state index in [-0.39, 0.29) is 59.4 Å². The van der Waals surface area contributed by atoms with Crippen LogP contribution in [0, 0.1) is 10.8 Å². The molecule has 8 rings (SSSR count). The largest absolute Gasteiger partial charge is 0.374 e. The van der Waals surface area contributed by atoms with E-state index >= 15 is 0 Å². The molecule has 4 aromatic carbocycles. The van der Waals surface area contributed by atoms with Crippen LogP contribution < -0.4 is 31.9 Å². The number of likely N-dealkylation sites (N-methyl/N-ethyl adjacent to an activating group) is 2. The number of rotatable bonds is 20. The van der Waals surface area contributed by atoms with Crippen molar-refractivity contribution in [2.45, 2.75) is 140 Å². The van der Waals surface area contributed by atoms with Gasteiger partial charge >= 0.3 is 0 Å². The van der Waals surface area contributed by atoms with Crippen LogP contribution in [0.3, 0.4) is 0 Å². The summed E-state index contributed by atoms with van der Waals surface area (Å²) in [6, 6.07) is 26.9. The van der Waals surface area contributed by atoms with Crippen LogP contribution in [0.2, 0.25) is 0 Å². The van der Waals surface area contributed by atoms with Crippen molar-refractivity contribution in [2.75, 3.05) is 38.8 Å². The number of carbonyl (C=O) groups is 6. The maximum Gasteiger partial charge on any atom is 0.246 e. The first kappa shape index (κ1) is 56.7. The Labute approximate surface area is 456 Å². The van der Waals surface area contributed by atoms with E-state index in [1.54, 1.807) is 61.3 Å². The molecular formula is C58H76N8O8S2. The minimum atomic E-state index is -0.746. The predicted octanol–water partition coefficient (Wildman–Crippen LogP) is 5.95. The smallest absolute Gasteiger partial charge is 0.246 e. The number of nitrogens with one attached hydrogen (secondary N) is 6. The van der Waals surface area contributed by atoms with Gasteiger partial charge in [-0.25, -0.2) is 0 Å². The van der Waals surface area contributed by atoms with Crippen LogP contribution in [0.15, 0.2) is 97.1 Å². The summed E-state index contributed by atoms with van der Waals surface area (Å²) in [6.07, 6.45) is 2.28. The second-order valence-corrected chi connectivity index (χ2v) is 24.6. The molecule has 4 aliphatic heterocycles. The Morgan fingerprint density at radius 3 is 1.34 bits per heavy atom. The molecule has 18 heteroatoms. The zero-order valence-electron chi connectivity index (χ0n) is 45.1. The predicted molar refractivity (Wildman–Crippen MR) is 299 cm³/mol. The molecule has 4 aromatic rings. The highest BCUT2D eigenvalue weighted by Gasteiger charge is 2.56. The van der Waals surface area contributed by atoms with Crippen LogP contribution in [0.5, 0.6) is 0 Å². The molecule has 0 radical (unpaired) electrons. The molecule has 4 fully saturated rings. The molecule has 16 nitrogen and oxygen atoms in total. The monoisotopic (exact) mass is 1080 g/mol. The lowest BCUT2D eigenvalue weighted by atomic mass is 9.83. The molecule has 4 saturated heterocycles. The molecular weight excluding hydrogens is 1000 g/mol. The minimum Gasteiger partial charge on any atom is -0.374 e. The van der Waals surface area contributed by atoms with E-state index in [0.29, 0.717) is 50.4 Å². The highest BCUT2D eigenvalue weighted by Crippen LogP contribution is 2.48. The minimum absolute atomic E-state index is 0.181. The lowest BCUT2D eigenvalue weighted by Crippen LogP contribution is -2.58. The number of fused-ring (bicyclic) bond motifs is 3. The van der Waals surface area contributed by atoms with E-state index in [4.69, 9.17) is 9.47 Å². The Morgan fingerprint density at radius 2 is 0.974 bits per heavy atom. The van der Waals surface area contributed by atoms with E-state index in [9.17, 15) is 28.8 Å². The fourth-order valence-corrected chi connectivity index (χ4v) is 14.1. The second kappa shape index (κ2) is 24.9. The number of nitrogens with zero attached hydrogens (tertiary/aromatic N) is 2. The normalized spacial score (nSPS) is 24.5. The van der Waals surface area contributed by atoms with Crippen LogP contribution in [0.1, 0.15) is 102 Å². The van der Waals surface area contributed by atoms with Gasteiger partial charge in [-0.1, -0.05) is 113 Å². The number of benzene rings is 4. The molecule has 6 amide bonds. The van der Waals surface area contributed by atoms with Crippen LogP contribution in [0.4, 0.5) is 0 Å². The van der Waals surface area contributed by atoms with E-state index in [1.807, 2.05) is 100 Å². The maximum absolute atomic E-state index is 14.5. The summed E-state index contributed by atoms with van der Waals surface area (Å²) in [5.74, 6) is -0.101. The fraction of sp³-hybridized carbons (Fsp3) is 0.517. The lowest BCUT2D eigenvalue weighted by Gasteiger charge is -2.35. The van der Waals surface area contributed by atoms with Crippen LogP contribution in [-0.4, -0.2) is 131 Å². The Bertz CT molecular complexity index is 2530. The summed E-state index contributed by atoms with van der Waals surface area (Å²) in [7, 11) is 3.40. The molecule has 0 saturated carbocycles. The topological polar surface area (TPSA) is 200 Å². The Balaban J connectivity index is 0.892. The zero-order chi connectivity index (χ0) is 54.3. The van der Waals surface area contributed by atoms with Gasteiger partial charge in [0.05, 0.1) is 61.3 Å². The van der Waals surface area contributed by atoms with Crippen LogP contribution in [0.25, 0.3) is 10.8 Å². The Kier molecular flexibility index (Phi) is 18.6. The van der Waals surface area contributed by atoms with E-state index in [1.165, 1.54) is 0 Å². The Morgan fingerprint density at radius 1 is 0.592 bits per heavy atom. The molecule has 76 heavy (non-hydrogen) atoms. The van der Waals surface area contributed by atoms with Crippen molar-refractivity contribution >= 4 is 69.7 Å². The highest BCUT2D eigenvalue weighted by atomic mass is 32.2. The van der Waals surface area contributed by atoms with Gasteiger partial charge in [0.15, 0.2) is 0 Å². The summed E-state index contributed by atoms with van der Waals surface area (Å²) in [6.45, 7) is 12.6. The summed E-state index contributed by atoms with van der Waals surface area (Å²) < 4.78 is 12.8. The number of amides is 6. The molecule has 0 bridgehead atoms. The summed E-state index contributed by atoms with van der Waals surface area (Å²) in [5.41, 5.74) is 2.65. The molecule has 408 valence electrons. The molecule has 0 spiro atoms. The van der Waals surface area contributed by atoms with Crippen molar-refractivity contribution in [3.05, 3.63) is 119 Å². The van der Waals surface area contributed by atoms with Gasteiger partial charge in [-0.05, 0) is 121 Å². The lowest BCUT2D eigenvalue weighted by molar-refractivity contribution is -0.144. The quantitative estimate of drug-likeness (QED) is 0.0609. The van der Waals surface area contributed by atoms with Crippen LogP contribution >= 0.6 is 23.5 Å². The summed E-state index contributed by atoms with van der Waals surface area (Å²) >= 11 is 3.33. The van der Waals surface area contributed by atoms with Gasteiger partial charge in [-0.3, -0.25) is 28.8 Å². The third-order valence-corrected chi connectivity index (χ3v) is 18.0. The average Bonchev–Trinajstić information content (AvgIpc) is 3.76. The van der Waals surface area contributed by atoms with Crippen molar-refractivity contribution in [3.8, 4) is 0 Å². The average molecular weight is 1080 g/mol. The SMILES string of the molecule is CN[C@@H](C)C(=O)NC1CCSC2CC(C)(C)C(C(=O)N[C@H](COCc3ccc4cc(COC[C@@H](NC(=O)C5N6C(=O)C(NC(=O)[C@H](C)NC)CCS[C@H]6CC5(C)C)c5ccccc5)ccc4c3)c3ccccc3)N2C1=O. The summed E-state index contributed by atoms with van der Waals surface area (Å²) in [5, 5.41) is 20.0. The van der Waals surface area contributed by atoms with Crippen molar-refractivity contribution in [1.82, 2.24) is 41.7 Å². The summed E-state index contributed by atoms with van der Waals surface area (Å²) in [4.78, 5) is 86.7. The van der Waals surface area contributed by atoms with E-state index in [0.717, 1.165) is 33.0 Å².